The Labute approximate surface area is 262 Å². The Balaban J connectivity index is 1.55. The SMILES string of the molecule is CCOc1cc(C=Nn2c(-c3cccc(C(F)(F)F)c3)nc3ccccc3c2=O)c(Br)cc1OCc1ccc(Cl)c(Cl)c1. The number of hydrogen-bond donors (Lipinski definition) is 0. The predicted octanol–water partition coefficient (Wildman–Crippen LogP) is 9.01. The highest BCUT2D eigenvalue weighted by atomic mass is 79.9. The fraction of sp³-hybridized carbons (Fsp3) is 0.129. The first-order valence-corrected chi connectivity index (χ1v) is 14.4. The zero-order valence-electron chi connectivity index (χ0n) is 22.3. The number of aromatic nitrogens is 2. The van der Waals surface area contributed by atoms with Gasteiger partial charge in [-0.2, -0.15) is 22.9 Å². The van der Waals surface area contributed by atoms with Gasteiger partial charge in [-0.15, -0.1) is 0 Å². The number of halogens is 6. The van der Waals surface area contributed by atoms with Crippen molar-refractivity contribution in [2.45, 2.75) is 19.7 Å². The molecule has 1 heterocycles. The van der Waals surface area contributed by atoms with Crippen LogP contribution in [0.25, 0.3) is 22.3 Å². The maximum atomic E-state index is 13.5. The van der Waals surface area contributed by atoms with Crippen molar-refractivity contribution in [3.8, 4) is 22.9 Å². The molecular formula is C31H21BrCl2F3N3O3. The monoisotopic (exact) mass is 689 g/mol. The quantitative estimate of drug-likeness (QED) is 0.153. The molecule has 0 saturated heterocycles. The van der Waals surface area contributed by atoms with E-state index in [1.54, 1.807) is 54.6 Å². The first-order valence-electron chi connectivity index (χ1n) is 12.8. The average Bonchev–Trinajstić information content (AvgIpc) is 2.98. The Morgan fingerprint density at radius 2 is 1.72 bits per heavy atom. The third kappa shape index (κ3) is 6.87. The second-order valence-corrected chi connectivity index (χ2v) is 10.9. The minimum Gasteiger partial charge on any atom is -0.490 e. The van der Waals surface area contributed by atoms with Gasteiger partial charge in [0.25, 0.3) is 5.56 Å². The molecule has 6 nitrogen and oxygen atoms in total. The molecule has 0 aliphatic carbocycles. The van der Waals surface area contributed by atoms with Crippen molar-refractivity contribution in [2.24, 2.45) is 5.10 Å². The summed E-state index contributed by atoms with van der Waals surface area (Å²) >= 11 is 15.6. The van der Waals surface area contributed by atoms with Gasteiger partial charge in [0.15, 0.2) is 17.3 Å². The number of para-hydroxylation sites is 1. The Hall–Kier alpha value is -3.86. The van der Waals surface area contributed by atoms with Crippen LogP contribution in [-0.2, 0) is 12.8 Å². The van der Waals surface area contributed by atoms with Crippen LogP contribution in [0.15, 0.2) is 93.2 Å². The summed E-state index contributed by atoms with van der Waals surface area (Å²) in [6, 6.07) is 19.7. The van der Waals surface area contributed by atoms with Crippen molar-refractivity contribution in [1.82, 2.24) is 9.66 Å². The lowest BCUT2D eigenvalue weighted by Gasteiger charge is -2.14. The van der Waals surface area contributed by atoms with Crippen LogP contribution in [0.1, 0.15) is 23.6 Å². The molecule has 12 heteroatoms. The molecule has 4 aromatic carbocycles. The van der Waals surface area contributed by atoms with Crippen LogP contribution in [0.5, 0.6) is 11.5 Å². The van der Waals surface area contributed by atoms with Crippen molar-refractivity contribution in [3.05, 3.63) is 120 Å². The largest absolute Gasteiger partial charge is 0.490 e. The van der Waals surface area contributed by atoms with Crippen LogP contribution < -0.4 is 15.0 Å². The van der Waals surface area contributed by atoms with E-state index in [1.165, 1.54) is 18.3 Å². The number of benzene rings is 4. The van der Waals surface area contributed by atoms with Crippen molar-refractivity contribution in [2.75, 3.05) is 6.61 Å². The maximum Gasteiger partial charge on any atom is 0.416 e. The van der Waals surface area contributed by atoms with Crippen LogP contribution in [0, 0.1) is 0 Å². The van der Waals surface area contributed by atoms with Gasteiger partial charge in [-0.1, -0.05) is 53.5 Å². The third-order valence-corrected chi connectivity index (χ3v) is 7.68. The molecule has 0 bridgehead atoms. The number of ether oxygens (including phenoxy) is 2. The summed E-state index contributed by atoms with van der Waals surface area (Å²) in [4.78, 5) is 18.0. The summed E-state index contributed by atoms with van der Waals surface area (Å²) in [7, 11) is 0. The second-order valence-electron chi connectivity index (χ2n) is 9.18. The molecule has 0 unspecified atom stereocenters. The van der Waals surface area contributed by atoms with Crippen molar-refractivity contribution in [3.63, 3.8) is 0 Å². The molecule has 0 atom stereocenters. The average molecular weight is 691 g/mol. The first-order chi connectivity index (χ1) is 20.5. The van der Waals surface area contributed by atoms with Gasteiger partial charge in [-0.25, -0.2) is 4.98 Å². The Morgan fingerprint density at radius 1 is 0.953 bits per heavy atom. The number of alkyl halides is 3. The minimum absolute atomic E-state index is 0.0474. The number of rotatable bonds is 8. The number of hydrogen-bond acceptors (Lipinski definition) is 5. The van der Waals surface area contributed by atoms with E-state index in [2.05, 4.69) is 26.0 Å². The molecule has 0 amide bonds. The van der Waals surface area contributed by atoms with Gasteiger partial charge in [0, 0.05) is 15.6 Å². The van der Waals surface area contributed by atoms with Gasteiger partial charge >= 0.3 is 6.18 Å². The molecule has 0 spiro atoms. The number of fused-ring (bicyclic) bond motifs is 1. The Bertz CT molecular complexity index is 1910. The third-order valence-electron chi connectivity index (χ3n) is 6.26. The summed E-state index contributed by atoms with van der Waals surface area (Å²) in [6.45, 7) is 2.35. The highest BCUT2D eigenvalue weighted by molar-refractivity contribution is 9.10. The molecule has 0 radical (unpaired) electrons. The summed E-state index contributed by atoms with van der Waals surface area (Å²) in [5.74, 6) is 0.800. The van der Waals surface area contributed by atoms with Crippen LogP contribution in [0.3, 0.4) is 0 Å². The molecular weight excluding hydrogens is 670 g/mol. The molecule has 5 rings (SSSR count). The van der Waals surface area contributed by atoms with E-state index in [0.29, 0.717) is 43.7 Å². The van der Waals surface area contributed by atoms with Gasteiger partial charge in [0.1, 0.15) is 6.61 Å². The van der Waals surface area contributed by atoms with Gasteiger partial charge in [0.2, 0.25) is 0 Å². The first kappa shape index (κ1) is 30.6. The smallest absolute Gasteiger partial charge is 0.416 e. The van der Waals surface area contributed by atoms with Crippen molar-refractivity contribution >= 4 is 56.2 Å². The van der Waals surface area contributed by atoms with Crippen molar-refractivity contribution < 1.29 is 22.6 Å². The van der Waals surface area contributed by atoms with Gasteiger partial charge in [-0.05, 0) is 76.9 Å². The molecule has 0 N–H and O–H groups in total. The lowest BCUT2D eigenvalue weighted by molar-refractivity contribution is -0.137. The molecule has 43 heavy (non-hydrogen) atoms. The summed E-state index contributed by atoms with van der Waals surface area (Å²) in [5, 5.41) is 5.48. The van der Waals surface area contributed by atoms with E-state index in [9.17, 15) is 18.0 Å². The molecule has 220 valence electrons. The van der Waals surface area contributed by atoms with Gasteiger partial charge in [0.05, 0.1) is 39.3 Å². The van der Waals surface area contributed by atoms with E-state index in [1.807, 2.05) is 6.92 Å². The molecule has 0 fully saturated rings. The Kier molecular flexibility index (Phi) is 9.10. The van der Waals surface area contributed by atoms with E-state index in [-0.39, 0.29) is 23.4 Å². The highest BCUT2D eigenvalue weighted by Gasteiger charge is 2.31. The fourth-order valence-electron chi connectivity index (χ4n) is 4.19. The van der Waals surface area contributed by atoms with E-state index in [0.717, 1.165) is 22.4 Å². The van der Waals surface area contributed by atoms with E-state index < -0.39 is 17.3 Å². The number of nitrogens with zero attached hydrogens (tertiary/aromatic N) is 3. The zero-order valence-corrected chi connectivity index (χ0v) is 25.4. The summed E-state index contributed by atoms with van der Waals surface area (Å²) in [6.07, 6.45) is -3.18. The predicted molar refractivity (Wildman–Crippen MR) is 166 cm³/mol. The second kappa shape index (κ2) is 12.8. The van der Waals surface area contributed by atoms with Gasteiger partial charge < -0.3 is 9.47 Å². The van der Waals surface area contributed by atoms with Crippen LogP contribution in [-0.4, -0.2) is 22.5 Å². The maximum absolute atomic E-state index is 13.5. The summed E-state index contributed by atoms with van der Waals surface area (Å²) < 4.78 is 53.8. The topological polar surface area (TPSA) is 65.7 Å². The Morgan fingerprint density at radius 3 is 2.47 bits per heavy atom. The van der Waals surface area contributed by atoms with E-state index in [4.69, 9.17) is 32.7 Å². The molecule has 0 aliphatic rings. The highest BCUT2D eigenvalue weighted by Crippen LogP contribution is 2.35. The van der Waals surface area contributed by atoms with Crippen LogP contribution >= 0.6 is 39.1 Å². The van der Waals surface area contributed by atoms with Gasteiger partial charge in [-0.3, -0.25) is 4.79 Å². The molecule has 0 aliphatic heterocycles. The zero-order chi connectivity index (χ0) is 30.7. The lowest BCUT2D eigenvalue weighted by Crippen LogP contribution is -2.20. The minimum atomic E-state index is -4.58. The lowest BCUT2D eigenvalue weighted by atomic mass is 10.1. The fourth-order valence-corrected chi connectivity index (χ4v) is 4.94. The van der Waals surface area contributed by atoms with Crippen molar-refractivity contribution in [1.29, 1.82) is 0 Å². The normalized spacial score (nSPS) is 11.8. The van der Waals surface area contributed by atoms with E-state index >= 15 is 0 Å². The standard InChI is InChI=1S/C31H21BrCl2F3N3O3/c1-2-42-27-14-20(23(32)15-28(27)43-17-18-10-11-24(33)25(34)12-18)16-38-40-29(19-6-5-7-21(13-19)31(35,36)37)39-26-9-4-3-8-22(26)30(40)41/h3-16H,2,17H2,1H3. The molecule has 1 aromatic heterocycles. The summed E-state index contributed by atoms with van der Waals surface area (Å²) in [5.41, 5.74) is 0.300. The van der Waals surface area contributed by atoms with Crippen LogP contribution in [0.2, 0.25) is 10.0 Å². The molecule has 0 saturated carbocycles. The van der Waals surface area contributed by atoms with Crippen LogP contribution in [0.4, 0.5) is 13.2 Å². The molecule has 5 aromatic rings.